The first kappa shape index (κ1) is 33.0. The number of aliphatic carboxylic acids is 1. The van der Waals surface area contributed by atoms with E-state index < -0.39 is 47.8 Å². The molecule has 0 fully saturated rings. The van der Waals surface area contributed by atoms with E-state index >= 15 is 0 Å². The quantitative estimate of drug-likeness (QED) is 0.125. The van der Waals surface area contributed by atoms with Gasteiger partial charge in [-0.15, -0.1) is 0 Å². The summed E-state index contributed by atoms with van der Waals surface area (Å²) in [5.41, 5.74) is -2.68. The van der Waals surface area contributed by atoms with E-state index in [4.69, 9.17) is 18.6 Å². The Morgan fingerprint density at radius 3 is 1.79 bits per heavy atom. The summed E-state index contributed by atoms with van der Waals surface area (Å²) in [6, 6.07) is 0. The fourth-order valence-corrected chi connectivity index (χ4v) is 6.02. The van der Waals surface area contributed by atoms with E-state index in [0.29, 0.717) is 6.42 Å². The summed E-state index contributed by atoms with van der Waals surface area (Å²) in [7, 11) is -3.75. The number of nitrogens with zero attached hydrogens (tertiary/aromatic N) is 1. The lowest BCUT2D eigenvalue weighted by molar-refractivity contribution is -0.271. The Balaban J connectivity index is 6.57. The first-order valence-corrected chi connectivity index (χ1v) is 13.7. The lowest BCUT2D eigenvalue weighted by atomic mass is 9.87. The van der Waals surface area contributed by atoms with Gasteiger partial charge in [0.15, 0.2) is 6.10 Å². The van der Waals surface area contributed by atoms with Crippen LogP contribution in [0, 0.1) is 10.8 Å². The van der Waals surface area contributed by atoms with E-state index in [0.717, 1.165) is 6.42 Å². The Morgan fingerprint density at radius 2 is 1.44 bits per heavy atom. The molecule has 0 aromatic heterocycles. The van der Waals surface area contributed by atoms with Crippen LogP contribution in [0.1, 0.15) is 95.4 Å². The zero-order chi connectivity index (χ0) is 27.0. The SMILES string of the molecule is CCCCOC(=O)C(CC(C)(C)C(=O)O)ON(C(C(C)(C)C)P(=O)(OCC)OCC)C(C)(C)C. The number of esters is 1. The summed E-state index contributed by atoms with van der Waals surface area (Å²) in [6.45, 7) is 20.3. The molecule has 0 bridgehead atoms. The highest BCUT2D eigenvalue weighted by molar-refractivity contribution is 7.54. The summed E-state index contributed by atoms with van der Waals surface area (Å²) >= 11 is 0. The lowest BCUT2D eigenvalue weighted by Crippen LogP contribution is -2.56. The van der Waals surface area contributed by atoms with Gasteiger partial charge in [-0.2, -0.15) is 5.06 Å². The number of hydrogen-bond acceptors (Lipinski definition) is 8. The van der Waals surface area contributed by atoms with E-state index in [1.54, 1.807) is 13.8 Å². The molecule has 0 aromatic rings. The predicted octanol–water partition coefficient (Wildman–Crippen LogP) is 5.87. The van der Waals surface area contributed by atoms with Gasteiger partial charge in [0.25, 0.3) is 0 Å². The van der Waals surface area contributed by atoms with E-state index in [9.17, 15) is 19.3 Å². The summed E-state index contributed by atoms with van der Waals surface area (Å²) in [5.74, 6) is -2.61. The fourth-order valence-electron chi connectivity index (χ4n) is 3.34. The minimum absolute atomic E-state index is 0.135. The highest BCUT2D eigenvalue weighted by Crippen LogP contribution is 2.61. The lowest BCUT2D eigenvalue weighted by Gasteiger charge is -2.48. The van der Waals surface area contributed by atoms with Crippen LogP contribution in [0.15, 0.2) is 0 Å². The van der Waals surface area contributed by atoms with Gasteiger partial charge >= 0.3 is 19.5 Å². The van der Waals surface area contributed by atoms with Crippen LogP contribution in [-0.4, -0.2) is 59.4 Å². The molecule has 0 saturated carbocycles. The molecular formula is C24H48NO8P. The van der Waals surface area contributed by atoms with Crippen LogP contribution >= 0.6 is 7.60 Å². The molecule has 202 valence electrons. The zero-order valence-corrected chi connectivity index (χ0v) is 24.0. The van der Waals surface area contributed by atoms with Crippen molar-refractivity contribution >= 4 is 19.5 Å². The van der Waals surface area contributed by atoms with E-state index in [2.05, 4.69) is 0 Å². The number of unbranched alkanes of at least 4 members (excludes halogenated alkanes) is 1. The van der Waals surface area contributed by atoms with Crippen LogP contribution in [-0.2, 0) is 32.8 Å². The Labute approximate surface area is 206 Å². The number of hydroxylamine groups is 2. The Hall–Kier alpha value is -0.990. The number of hydrogen-bond donors (Lipinski definition) is 1. The molecule has 0 aromatic carbocycles. The normalized spacial score (nSPS) is 15.3. The monoisotopic (exact) mass is 509 g/mol. The molecule has 1 N–H and O–H groups in total. The van der Waals surface area contributed by atoms with Crippen molar-refractivity contribution in [3.05, 3.63) is 0 Å². The molecule has 0 amide bonds. The Morgan fingerprint density at radius 1 is 0.941 bits per heavy atom. The van der Waals surface area contributed by atoms with Crippen LogP contribution in [0.2, 0.25) is 0 Å². The Bertz CT molecular complexity index is 686. The minimum Gasteiger partial charge on any atom is -0.481 e. The maximum absolute atomic E-state index is 14.0. The number of carbonyl (C=O) groups excluding carboxylic acids is 1. The van der Waals surface area contributed by atoms with Gasteiger partial charge in [0.2, 0.25) is 0 Å². The largest absolute Gasteiger partial charge is 0.481 e. The zero-order valence-electron chi connectivity index (χ0n) is 23.1. The third-order valence-corrected chi connectivity index (χ3v) is 7.92. The van der Waals surface area contributed by atoms with Crippen LogP contribution in [0.4, 0.5) is 0 Å². The average molecular weight is 510 g/mol. The van der Waals surface area contributed by atoms with Gasteiger partial charge in [0.1, 0.15) is 5.78 Å². The molecule has 2 atom stereocenters. The maximum Gasteiger partial charge on any atom is 0.350 e. The molecule has 10 heteroatoms. The van der Waals surface area contributed by atoms with Crippen molar-refractivity contribution < 1.29 is 37.9 Å². The Kier molecular flexibility index (Phi) is 13.0. The molecule has 0 rings (SSSR count). The first-order chi connectivity index (χ1) is 15.4. The van der Waals surface area contributed by atoms with Crippen molar-refractivity contribution in [2.75, 3.05) is 19.8 Å². The van der Waals surface area contributed by atoms with E-state index in [-0.39, 0.29) is 26.2 Å². The molecule has 9 nitrogen and oxygen atoms in total. The second-order valence-corrected chi connectivity index (χ2v) is 13.2. The molecule has 2 unspecified atom stereocenters. The summed E-state index contributed by atoms with van der Waals surface area (Å²) in [6.07, 6.45) is 0.150. The van der Waals surface area contributed by atoms with Crippen molar-refractivity contribution in [3.63, 3.8) is 0 Å². The average Bonchev–Trinajstić information content (AvgIpc) is 2.65. The van der Waals surface area contributed by atoms with Gasteiger partial charge in [-0.05, 0) is 60.3 Å². The van der Waals surface area contributed by atoms with Crippen LogP contribution in [0.25, 0.3) is 0 Å². The van der Waals surface area contributed by atoms with E-state index in [1.807, 2.05) is 48.5 Å². The standard InChI is InChI=1S/C24H48NO8P/c1-12-15-16-30-19(26)18(17-24(10,11)21(27)28)33-25(23(7,8)9)20(22(4,5)6)34(29,31-13-2)32-14-3/h18,20H,12-17H2,1-11H3,(H,27,28). The van der Waals surface area contributed by atoms with Crippen LogP contribution in [0.3, 0.4) is 0 Å². The fraction of sp³-hybridized carbons (Fsp3) is 0.917. The predicted molar refractivity (Wildman–Crippen MR) is 132 cm³/mol. The van der Waals surface area contributed by atoms with Crippen molar-refractivity contribution in [2.45, 2.75) is 113 Å². The third kappa shape index (κ3) is 9.94. The molecule has 0 radical (unpaired) electrons. The van der Waals surface area contributed by atoms with Crippen LogP contribution in [0.5, 0.6) is 0 Å². The van der Waals surface area contributed by atoms with Gasteiger partial charge in [0.05, 0.1) is 25.2 Å². The number of rotatable bonds is 15. The number of carbonyl (C=O) groups is 2. The van der Waals surface area contributed by atoms with Gasteiger partial charge in [-0.25, -0.2) is 4.79 Å². The number of ether oxygens (including phenoxy) is 1. The van der Waals surface area contributed by atoms with Crippen molar-refractivity contribution in [1.82, 2.24) is 5.06 Å². The molecule has 34 heavy (non-hydrogen) atoms. The molecule has 0 aliphatic heterocycles. The highest BCUT2D eigenvalue weighted by Gasteiger charge is 2.52. The van der Waals surface area contributed by atoms with Crippen molar-refractivity contribution in [2.24, 2.45) is 10.8 Å². The van der Waals surface area contributed by atoms with Gasteiger partial charge in [-0.1, -0.05) is 34.1 Å². The first-order valence-electron chi connectivity index (χ1n) is 12.1. The third-order valence-electron chi connectivity index (χ3n) is 5.10. The molecule has 0 aliphatic rings. The molecule has 0 aliphatic carbocycles. The highest BCUT2D eigenvalue weighted by atomic mass is 31.2. The molecule has 0 heterocycles. The number of carboxylic acids is 1. The van der Waals surface area contributed by atoms with Gasteiger partial charge < -0.3 is 18.9 Å². The maximum atomic E-state index is 14.0. The smallest absolute Gasteiger partial charge is 0.350 e. The van der Waals surface area contributed by atoms with Gasteiger partial charge in [0, 0.05) is 12.0 Å². The summed E-state index contributed by atoms with van der Waals surface area (Å²) in [4.78, 5) is 31.2. The number of carboxylic acid groups (broad SMARTS) is 1. The van der Waals surface area contributed by atoms with E-state index in [1.165, 1.54) is 18.9 Å². The minimum atomic E-state index is -3.75. The molecule has 0 saturated heterocycles. The molecule has 0 spiro atoms. The summed E-state index contributed by atoms with van der Waals surface area (Å²) in [5, 5.41) is 11.2. The molecular weight excluding hydrogens is 461 g/mol. The summed E-state index contributed by atoms with van der Waals surface area (Å²) < 4.78 is 30.8. The topological polar surface area (TPSA) is 112 Å². The van der Waals surface area contributed by atoms with Crippen LogP contribution < -0.4 is 0 Å². The second kappa shape index (κ2) is 13.4. The van der Waals surface area contributed by atoms with Crippen molar-refractivity contribution in [1.29, 1.82) is 0 Å². The van der Waals surface area contributed by atoms with Gasteiger partial charge in [-0.3, -0.25) is 14.2 Å². The van der Waals surface area contributed by atoms with Crippen molar-refractivity contribution in [3.8, 4) is 0 Å². The second-order valence-electron chi connectivity index (χ2n) is 11.1.